The summed E-state index contributed by atoms with van der Waals surface area (Å²) in [4.78, 5) is 29.6. The molecule has 2 heterocycles. The van der Waals surface area contributed by atoms with Crippen molar-refractivity contribution in [3.8, 4) is 0 Å². The second kappa shape index (κ2) is 9.82. The minimum Gasteiger partial charge on any atom is -0.381 e. The minimum absolute atomic E-state index is 0.236. The molecule has 2 aliphatic heterocycles. The molecule has 0 bridgehead atoms. The van der Waals surface area contributed by atoms with Gasteiger partial charge in [0, 0.05) is 32.8 Å². The highest BCUT2D eigenvalue weighted by molar-refractivity contribution is 6.35. The molecular weight excluding hydrogens is 359 g/mol. The molecule has 0 radical (unpaired) electrons. The zero-order valence-electron chi connectivity index (χ0n) is 16.6. The molecule has 0 unspecified atom stereocenters. The van der Waals surface area contributed by atoms with Gasteiger partial charge < -0.3 is 9.64 Å². The summed E-state index contributed by atoms with van der Waals surface area (Å²) in [7, 11) is 0. The summed E-state index contributed by atoms with van der Waals surface area (Å²) < 4.78 is 18.9. The highest BCUT2D eigenvalue weighted by Crippen LogP contribution is 2.33. The van der Waals surface area contributed by atoms with Crippen LogP contribution in [0.15, 0.2) is 30.0 Å². The summed E-state index contributed by atoms with van der Waals surface area (Å²) in [5.41, 5.74) is 1.48. The van der Waals surface area contributed by atoms with E-state index in [0.29, 0.717) is 43.0 Å². The van der Waals surface area contributed by atoms with E-state index in [2.05, 4.69) is 6.92 Å². The quantitative estimate of drug-likeness (QED) is 0.479. The Bertz CT molecular complexity index is 724. The number of carbonyl (C=O) groups is 2. The zero-order chi connectivity index (χ0) is 19.9. The largest absolute Gasteiger partial charge is 0.381 e. The van der Waals surface area contributed by atoms with Crippen LogP contribution >= 0.6 is 0 Å². The van der Waals surface area contributed by atoms with Crippen molar-refractivity contribution in [3.63, 3.8) is 0 Å². The highest BCUT2D eigenvalue weighted by Gasteiger charge is 2.41. The molecule has 1 saturated heterocycles. The SMILES string of the molecule is CCCCOCCCN1C(=O)C(c2ccc(F)cc2)=C(N2CCCCC2)C1=O. The van der Waals surface area contributed by atoms with Crippen LogP contribution in [0.2, 0.25) is 0 Å². The van der Waals surface area contributed by atoms with Crippen molar-refractivity contribution in [3.05, 3.63) is 41.3 Å². The van der Waals surface area contributed by atoms with Gasteiger partial charge in [-0.1, -0.05) is 25.5 Å². The van der Waals surface area contributed by atoms with Crippen molar-refractivity contribution in [1.82, 2.24) is 9.80 Å². The van der Waals surface area contributed by atoms with Crippen molar-refractivity contribution in [2.24, 2.45) is 0 Å². The maximum Gasteiger partial charge on any atom is 0.277 e. The number of hydrogen-bond acceptors (Lipinski definition) is 4. The first-order valence-corrected chi connectivity index (χ1v) is 10.3. The van der Waals surface area contributed by atoms with Crippen LogP contribution in [0, 0.1) is 5.82 Å². The van der Waals surface area contributed by atoms with Crippen LogP contribution in [0.1, 0.15) is 51.0 Å². The second-order valence-corrected chi connectivity index (χ2v) is 7.36. The van der Waals surface area contributed by atoms with Gasteiger partial charge >= 0.3 is 0 Å². The lowest BCUT2D eigenvalue weighted by molar-refractivity contribution is -0.137. The van der Waals surface area contributed by atoms with Crippen LogP contribution in [0.3, 0.4) is 0 Å². The van der Waals surface area contributed by atoms with Gasteiger partial charge in [0.25, 0.3) is 11.8 Å². The van der Waals surface area contributed by atoms with Crippen molar-refractivity contribution < 1.29 is 18.7 Å². The fourth-order valence-corrected chi connectivity index (χ4v) is 3.73. The second-order valence-electron chi connectivity index (χ2n) is 7.36. The monoisotopic (exact) mass is 388 g/mol. The Balaban J connectivity index is 1.77. The van der Waals surface area contributed by atoms with Gasteiger partial charge in [0.15, 0.2) is 0 Å². The van der Waals surface area contributed by atoms with Crippen LogP contribution in [0.5, 0.6) is 0 Å². The number of benzene rings is 1. The van der Waals surface area contributed by atoms with Crippen LogP contribution in [-0.4, -0.2) is 54.5 Å². The van der Waals surface area contributed by atoms with Crippen LogP contribution in [0.4, 0.5) is 4.39 Å². The zero-order valence-corrected chi connectivity index (χ0v) is 16.6. The Morgan fingerprint density at radius 2 is 1.64 bits per heavy atom. The highest BCUT2D eigenvalue weighted by atomic mass is 19.1. The fraction of sp³-hybridized carbons (Fsp3) is 0.545. The Morgan fingerprint density at radius 3 is 2.32 bits per heavy atom. The first-order valence-electron chi connectivity index (χ1n) is 10.3. The molecule has 1 aromatic rings. The standard InChI is InChI=1S/C22H29FN2O3/c1-2-3-15-28-16-7-14-25-21(26)19(17-8-10-18(23)11-9-17)20(22(25)27)24-12-5-4-6-13-24/h8-11H,2-7,12-16H2,1H3. The molecular formula is C22H29FN2O3. The van der Waals surface area contributed by atoms with Gasteiger partial charge in [-0.15, -0.1) is 0 Å². The van der Waals surface area contributed by atoms with E-state index in [1.54, 1.807) is 12.1 Å². The molecule has 2 amide bonds. The number of imide groups is 1. The van der Waals surface area contributed by atoms with Crippen molar-refractivity contribution in [2.45, 2.75) is 45.4 Å². The number of halogens is 1. The van der Waals surface area contributed by atoms with Gasteiger partial charge in [0.2, 0.25) is 0 Å². The number of nitrogens with zero attached hydrogens (tertiary/aromatic N) is 2. The number of unbranched alkanes of at least 4 members (excludes halogenated alkanes) is 1. The molecule has 0 N–H and O–H groups in total. The molecule has 0 atom stereocenters. The molecule has 0 aromatic heterocycles. The average Bonchev–Trinajstić information content (AvgIpc) is 2.96. The van der Waals surface area contributed by atoms with Crippen molar-refractivity contribution in [2.75, 3.05) is 32.8 Å². The van der Waals surface area contributed by atoms with Gasteiger partial charge in [-0.25, -0.2) is 4.39 Å². The van der Waals surface area contributed by atoms with E-state index < -0.39 is 0 Å². The normalized spacial score (nSPS) is 17.8. The molecule has 2 aliphatic rings. The van der Waals surface area contributed by atoms with Crippen LogP contribution in [0.25, 0.3) is 5.57 Å². The summed E-state index contributed by atoms with van der Waals surface area (Å²) in [5, 5.41) is 0. The molecule has 5 nitrogen and oxygen atoms in total. The number of ether oxygens (including phenoxy) is 1. The molecule has 6 heteroatoms. The molecule has 0 spiro atoms. The lowest BCUT2D eigenvalue weighted by atomic mass is 10.0. The number of likely N-dealkylation sites (tertiary alicyclic amines) is 1. The van der Waals surface area contributed by atoms with Crippen LogP contribution in [-0.2, 0) is 14.3 Å². The topological polar surface area (TPSA) is 49.9 Å². The molecule has 152 valence electrons. The molecule has 0 aliphatic carbocycles. The number of carbonyl (C=O) groups excluding carboxylic acids is 2. The van der Waals surface area contributed by atoms with E-state index in [1.165, 1.54) is 17.0 Å². The Morgan fingerprint density at radius 1 is 0.964 bits per heavy atom. The lowest BCUT2D eigenvalue weighted by Crippen LogP contribution is -2.37. The lowest BCUT2D eigenvalue weighted by Gasteiger charge is -2.29. The van der Waals surface area contributed by atoms with E-state index in [9.17, 15) is 14.0 Å². The number of hydrogen-bond donors (Lipinski definition) is 0. The number of piperidine rings is 1. The molecule has 3 rings (SSSR count). The van der Waals surface area contributed by atoms with Crippen molar-refractivity contribution >= 4 is 17.4 Å². The van der Waals surface area contributed by atoms with E-state index in [0.717, 1.165) is 45.2 Å². The number of amides is 2. The molecule has 28 heavy (non-hydrogen) atoms. The summed E-state index contributed by atoms with van der Waals surface area (Å²) in [6.45, 7) is 5.22. The maximum atomic E-state index is 13.4. The third kappa shape index (κ3) is 4.61. The predicted octanol–water partition coefficient (Wildman–Crippen LogP) is 3.60. The van der Waals surface area contributed by atoms with E-state index >= 15 is 0 Å². The Hall–Kier alpha value is -2.21. The average molecular weight is 388 g/mol. The van der Waals surface area contributed by atoms with Crippen molar-refractivity contribution in [1.29, 1.82) is 0 Å². The summed E-state index contributed by atoms with van der Waals surface area (Å²) in [6, 6.07) is 5.82. The third-order valence-corrected chi connectivity index (χ3v) is 5.26. The Kier molecular flexibility index (Phi) is 7.20. The molecule has 1 fully saturated rings. The van der Waals surface area contributed by atoms with E-state index in [-0.39, 0.29) is 17.6 Å². The smallest absolute Gasteiger partial charge is 0.277 e. The first kappa shape index (κ1) is 20.5. The molecule has 0 saturated carbocycles. The summed E-state index contributed by atoms with van der Waals surface area (Å²) in [6.07, 6.45) is 5.85. The van der Waals surface area contributed by atoms with Crippen LogP contribution < -0.4 is 0 Å². The first-order chi connectivity index (χ1) is 13.6. The minimum atomic E-state index is -0.360. The number of rotatable bonds is 9. The van der Waals surface area contributed by atoms with E-state index in [1.807, 2.05) is 4.90 Å². The van der Waals surface area contributed by atoms with Gasteiger partial charge in [0.05, 0.1) is 5.57 Å². The van der Waals surface area contributed by atoms with Gasteiger partial charge in [-0.3, -0.25) is 14.5 Å². The van der Waals surface area contributed by atoms with Gasteiger partial charge in [-0.05, 0) is 49.8 Å². The maximum absolute atomic E-state index is 13.4. The van der Waals surface area contributed by atoms with Gasteiger partial charge in [0.1, 0.15) is 11.5 Å². The summed E-state index contributed by atoms with van der Waals surface area (Å²) in [5.74, 6) is -0.882. The fourth-order valence-electron chi connectivity index (χ4n) is 3.73. The predicted molar refractivity (Wildman–Crippen MR) is 106 cm³/mol. The van der Waals surface area contributed by atoms with E-state index in [4.69, 9.17) is 4.74 Å². The summed E-state index contributed by atoms with van der Waals surface area (Å²) >= 11 is 0. The van der Waals surface area contributed by atoms with Gasteiger partial charge in [-0.2, -0.15) is 0 Å². The third-order valence-electron chi connectivity index (χ3n) is 5.26. The Labute approximate surface area is 166 Å². The molecule has 1 aromatic carbocycles.